The van der Waals surface area contributed by atoms with E-state index in [1.165, 1.54) is 24.8 Å². The van der Waals surface area contributed by atoms with Crippen molar-refractivity contribution in [2.45, 2.75) is 51.6 Å². The van der Waals surface area contributed by atoms with Crippen molar-refractivity contribution in [3.8, 4) is 0 Å². The fourth-order valence-electron chi connectivity index (χ4n) is 3.63. The number of amides is 3. The summed E-state index contributed by atoms with van der Waals surface area (Å²) in [7, 11) is 0. The number of hydrogen-bond acceptors (Lipinski definition) is 2. The molecular weight excluding hydrogens is 302 g/mol. The summed E-state index contributed by atoms with van der Waals surface area (Å²) in [5, 5.41) is 2.92. The SMILES string of the molecule is Cc1ccc(CNC(=O)N2CCN(C3CCCCC3)C(=O)C2)cc1. The zero-order chi connectivity index (χ0) is 16.9. The van der Waals surface area contributed by atoms with E-state index in [1.54, 1.807) is 4.90 Å². The maximum atomic E-state index is 12.4. The van der Waals surface area contributed by atoms with Crippen LogP contribution in [0.15, 0.2) is 24.3 Å². The Labute approximate surface area is 144 Å². The Morgan fingerprint density at radius 3 is 2.50 bits per heavy atom. The highest BCUT2D eigenvalue weighted by molar-refractivity contribution is 5.85. The lowest BCUT2D eigenvalue weighted by Crippen LogP contribution is -2.57. The number of carbonyl (C=O) groups is 2. The van der Waals surface area contributed by atoms with Crippen LogP contribution >= 0.6 is 0 Å². The predicted molar refractivity (Wildman–Crippen MR) is 93.6 cm³/mol. The summed E-state index contributed by atoms with van der Waals surface area (Å²) in [6.07, 6.45) is 5.95. The van der Waals surface area contributed by atoms with Crippen LogP contribution in [-0.2, 0) is 11.3 Å². The highest BCUT2D eigenvalue weighted by Crippen LogP contribution is 2.24. The van der Waals surface area contributed by atoms with E-state index in [1.807, 2.05) is 36.1 Å². The maximum absolute atomic E-state index is 12.4. The minimum absolute atomic E-state index is 0.0960. The number of piperazine rings is 1. The summed E-state index contributed by atoms with van der Waals surface area (Å²) in [5.41, 5.74) is 2.27. The molecule has 0 bridgehead atoms. The van der Waals surface area contributed by atoms with Crippen molar-refractivity contribution < 1.29 is 9.59 Å². The molecule has 1 saturated carbocycles. The van der Waals surface area contributed by atoms with E-state index in [4.69, 9.17) is 0 Å². The molecule has 1 aromatic carbocycles. The maximum Gasteiger partial charge on any atom is 0.318 e. The van der Waals surface area contributed by atoms with Gasteiger partial charge in [0.25, 0.3) is 0 Å². The minimum atomic E-state index is -0.146. The van der Waals surface area contributed by atoms with E-state index in [-0.39, 0.29) is 18.5 Å². The molecule has 0 spiro atoms. The van der Waals surface area contributed by atoms with E-state index < -0.39 is 0 Å². The van der Waals surface area contributed by atoms with Gasteiger partial charge in [-0.2, -0.15) is 0 Å². The number of hydrogen-bond donors (Lipinski definition) is 1. The van der Waals surface area contributed by atoms with Crippen LogP contribution in [0.3, 0.4) is 0 Å². The predicted octanol–water partition coefficient (Wildman–Crippen LogP) is 2.68. The molecule has 0 atom stereocenters. The first kappa shape index (κ1) is 16.8. The van der Waals surface area contributed by atoms with Gasteiger partial charge >= 0.3 is 6.03 Å². The molecule has 2 aliphatic rings. The molecule has 0 unspecified atom stereocenters. The van der Waals surface area contributed by atoms with Crippen LogP contribution in [0.1, 0.15) is 43.2 Å². The Kier molecular flexibility index (Phi) is 5.38. The fraction of sp³-hybridized carbons (Fsp3) is 0.579. The molecule has 1 aliphatic heterocycles. The molecule has 3 amide bonds. The summed E-state index contributed by atoms with van der Waals surface area (Å²) in [6, 6.07) is 8.35. The highest BCUT2D eigenvalue weighted by atomic mass is 16.2. The van der Waals surface area contributed by atoms with Gasteiger partial charge in [-0.3, -0.25) is 4.79 Å². The molecule has 2 fully saturated rings. The third kappa shape index (κ3) is 4.08. The van der Waals surface area contributed by atoms with Crippen molar-refractivity contribution >= 4 is 11.9 Å². The first-order valence-corrected chi connectivity index (χ1v) is 9.01. The third-order valence-corrected chi connectivity index (χ3v) is 5.12. The molecule has 5 nitrogen and oxygen atoms in total. The van der Waals surface area contributed by atoms with Gasteiger partial charge < -0.3 is 15.1 Å². The van der Waals surface area contributed by atoms with Crippen LogP contribution in [0.2, 0.25) is 0 Å². The summed E-state index contributed by atoms with van der Waals surface area (Å²) in [4.78, 5) is 28.4. The zero-order valence-electron chi connectivity index (χ0n) is 14.5. The number of benzene rings is 1. The van der Waals surface area contributed by atoms with Crippen molar-refractivity contribution in [1.29, 1.82) is 0 Å². The molecule has 1 saturated heterocycles. The van der Waals surface area contributed by atoms with Gasteiger partial charge in [-0.25, -0.2) is 4.79 Å². The molecular formula is C19H27N3O2. The van der Waals surface area contributed by atoms with Crippen molar-refractivity contribution in [3.05, 3.63) is 35.4 Å². The third-order valence-electron chi connectivity index (χ3n) is 5.12. The van der Waals surface area contributed by atoms with Crippen LogP contribution < -0.4 is 5.32 Å². The topological polar surface area (TPSA) is 52.7 Å². The normalized spacial score (nSPS) is 19.5. The fourth-order valence-corrected chi connectivity index (χ4v) is 3.63. The summed E-state index contributed by atoms with van der Waals surface area (Å²) in [5.74, 6) is 0.0960. The lowest BCUT2D eigenvalue weighted by atomic mass is 9.93. The smallest absolute Gasteiger partial charge is 0.318 e. The average molecular weight is 329 g/mol. The molecule has 1 aliphatic carbocycles. The van der Waals surface area contributed by atoms with E-state index in [9.17, 15) is 9.59 Å². The van der Waals surface area contributed by atoms with Crippen molar-refractivity contribution in [2.24, 2.45) is 0 Å². The Balaban J connectivity index is 1.48. The number of nitrogens with zero attached hydrogens (tertiary/aromatic N) is 2. The number of rotatable bonds is 3. The standard InChI is InChI=1S/C19H27N3O2/c1-15-7-9-16(10-8-15)13-20-19(24)21-11-12-22(18(23)14-21)17-5-3-2-4-6-17/h7-10,17H,2-6,11-14H2,1H3,(H,20,24). The zero-order valence-corrected chi connectivity index (χ0v) is 14.5. The van der Waals surface area contributed by atoms with Gasteiger partial charge in [0.1, 0.15) is 6.54 Å². The molecule has 1 N–H and O–H groups in total. The number of aryl methyl sites for hydroxylation is 1. The Hall–Kier alpha value is -2.04. The Morgan fingerprint density at radius 1 is 1.12 bits per heavy atom. The van der Waals surface area contributed by atoms with Gasteiger partial charge in [0.2, 0.25) is 5.91 Å². The van der Waals surface area contributed by atoms with E-state index in [0.29, 0.717) is 25.7 Å². The van der Waals surface area contributed by atoms with Gasteiger partial charge in [-0.1, -0.05) is 49.1 Å². The average Bonchev–Trinajstić information content (AvgIpc) is 2.61. The van der Waals surface area contributed by atoms with Crippen LogP contribution in [0.25, 0.3) is 0 Å². The lowest BCUT2D eigenvalue weighted by Gasteiger charge is -2.40. The molecule has 130 valence electrons. The van der Waals surface area contributed by atoms with Gasteiger partial charge in [-0.05, 0) is 25.3 Å². The van der Waals surface area contributed by atoms with Crippen LogP contribution in [0.5, 0.6) is 0 Å². The minimum Gasteiger partial charge on any atom is -0.336 e. The lowest BCUT2D eigenvalue weighted by molar-refractivity contribution is -0.138. The van der Waals surface area contributed by atoms with E-state index in [2.05, 4.69) is 5.32 Å². The van der Waals surface area contributed by atoms with Crippen LogP contribution in [0, 0.1) is 6.92 Å². The highest BCUT2D eigenvalue weighted by Gasteiger charge is 2.32. The Morgan fingerprint density at radius 2 is 1.83 bits per heavy atom. The summed E-state index contributed by atoms with van der Waals surface area (Å²) >= 11 is 0. The molecule has 0 radical (unpaired) electrons. The van der Waals surface area contributed by atoms with Gasteiger partial charge in [0.05, 0.1) is 0 Å². The largest absolute Gasteiger partial charge is 0.336 e. The van der Waals surface area contributed by atoms with Gasteiger partial charge in [0.15, 0.2) is 0 Å². The van der Waals surface area contributed by atoms with Crippen LogP contribution in [0.4, 0.5) is 4.79 Å². The quantitative estimate of drug-likeness (QED) is 0.927. The van der Waals surface area contributed by atoms with E-state index >= 15 is 0 Å². The molecule has 24 heavy (non-hydrogen) atoms. The molecule has 3 rings (SSSR count). The number of urea groups is 1. The summed E-state index contributed by atoms with van der Waals surface area (Å²) < 4.78 is 0. The second-order valence-electron chi connectivity index (χ2n) is 6.94. The second-order valence-corrected chi connectivity index (χ2v) is 6.94. The Bertz CT molecular complexity index is 579. The van der Waals surface area contributed by atoms with Crippen LogP contribution in [-0.4, -0.2) is 47.4 Å². The van der Waals surface area contributed by atoms with E-state index in [0.717, 1.165) is 18.4 Å². The molecule has 1 heterocycles. The van der Waals surface area contributed by atoms with Crippen molar-refractivity contribution in [1.82, 2.24) is 15.1 Å². The van der Waals surface area contributed by atoms with Gasteiger partial charge in [0, 0.05) is 25.7 Å². The monoisotopic (exact) mass is 329 g/mol. The summed E-state index contributed by atoms with van der Waals surface area (Å²) in [6.45, 7) is 4.04. The first-order valence-electron chi connectivity index (χ1n) is 9.01. The number of nitrogens with one attached hydrogen (secondary N) is 1. The molecule has 0 aromatic heterocycles. The van der Waals surface area contributed by atoms with Gasteiger partial charge in [-0.15, -0.1) is 0 Å². The molecule has 5 heteroatoms. The molecule has 1 aromatic rings. The second kappa shape index (κ2) is 7.69. The first-order chi connectivity index (χ1) is 11.6. The van der Waals surface area contributed by atoms with Crippen molar-refractivity contribution in [3.63, 3.8) is 0 Å². The number of carbonyl (C=O) groups excluding carboxylic acids is 2. The van der Waals surface area contributed by atoms with Crippen molar-refractivity contribution in [2.75, 3.05) is 19.6 Å².